The third-order valence-electron chi connectivity index (χ3n) is 19.3. The first kappa shape index (κ1) is 71.9. The monoisotopic (exact) mass is 1310 g/mol. The molecule has 0 bridgehead atoms. The molecule has 9 nitrogen and oxygen atoms in total. The van der Waals surface area contributed by atoms with Crippen molar-refractivity contribution in [2.45, 2.75) is 99.8 Å². The summed E-state index contributed by atoms with van der Waals surface area (Å²) in [5.74, 6) is 9.09. The Kier molecular flexibility index (Phi) is 24.2. The Labute approximate surface area is 582 Å². The van der Waals surface area contributed by atoms with E-state index in [2.05, 4.69) is 209 Å². The second-order valence-corrected chi connectivity index (χ2v) is 25.4. The fourth-order valence-electron chi connectivity index (χ4n) is 13.3. The van der Waals surface area contributed by atoms with Gasteiger partial charge in [-0.1, -0.05) is 159 Å². The number of methoxy groups -OCH3 is 8. The van der Waals surface area contributed by atoms with Crippen molar-refractivity contribution in [3.05, 3.63) is 307 Å². The van der Waals surface area contributed by atoms with E-state index in [1.807, 2.05) is 72.8 Å². The average Bonchev–Trinajstić information content (AvgIpc) is 0.728. The quantitative estimate of drug-likeness (QED) is 0.0989. The van der Waals surface area contributed by atoms with E-state index < -0.39 is 0 Å². The first-order valence-electron chi connectivity index (χ1n) is 33.4. The van der Waals surface area contributed by atoms with Crippen LogP contribution in [0.25, 0.3) is 21.9 Å². The summed E-state index contributed by atoms with van der Waals surface area (Å²) in [4.78, 5) is 0. The van der Waals surface area contributed by atoms with Crippen molar-refractivity contribution in [3.63, 3.8) is 0 Å². The SMILES string of the molecule is CC1=CCc2c(cccc2-c2cccc3c(C)cccc23)C1.COc1c(C)c(C)c2c(c1C)C(c1ccccc1)c1c(C)c(OC)c(C)c(C)c1O2.COc1ccc(C(C)(C)c2ccc(OC)cc2)cc1.COc1ccc(Cc2ccc(OC)cc2)cc1.COc1ccc(OC)cc1. The third-order valence-corrected chi connectivity index (χ3v) is 19.3. The van der Waals surface area contributed by atoms with E-state index in [9.17, 15) is 0 Å². The molecule has 13 rings (SSSR count). The van der Waals surface area contributed by atoms with Gasteiger partial charge in [0.2, 0.25) is 0 Å². The van der Waals surface area contributed by atoms with Crippen molar-refractivity contribution in [2.75, 3.05) is 56.9 Å². The van der Waals surface area contributed by atoms with Crippen LogP contribution in [0.4, 0.5) is 0 Å². The van der Waals surface area contributed by atoms with Gasteiger partial charge in [0.15, 0.2) is 0 Å². The molecule has 1 aliphatic carbocycles. The van der Waals surface area contributed by atoms with Gasteiger partial charge in [-0.25, -0.2) is 0 Å². The van der Waals surface area contributed by atoms with Gasteiger partial charge in [-0.2, -0.15) is 0 Å². The Morgan fingerprint density at radius 3 is 1.18 bits per heavy atom. The first-order chi connectivity index (χ1) is 47.3. The predicted octanol–water partition coefficient (Wildman–Crippen LogP) is 21.7. The van der Waals surface area contributed by atoms with Crippen LogP contribution in [0.5, 0.6) is 57.5 Å². The maximum absolute atomic E-state index is 6.70. The normalized spacial score (nSPS) is 11.8. The summed E-state index contributed by atoms with van der Waals surface area (Å²) in [6, 6.07) is 70.9. The highest BCUT2D eigenvalue weighted by Crippen LogP contribution is 2.56. The van der Waals surface area contributed by atoms with Gasteiger partial charge in [0, 0.05) is 22.5 Å². The van der Waals surface area contributed by atoms with Crippen LogP contribution in [0.1, 0.15) is 116 Å². The summed E-state index contributed by atoms with van der Waals surface area (Å²) < 4.78 is 49.0. The molecular formula is C89H96O9. The highest BCUT2D eigenvalue weighted by atomic mass is 16.5. The number of hydrogen-bond donors (Lipinski definition) is 0. The Balaban J connectivity index is 0.000000149. The molecule has 0 spiro atoms. The van der Waals surface area contributed by atoms with Gasteiger partial charge in [-0.15, -0.1) is 0 Å². The standard InChI is InChI=1S/C27H30O3.C22H20.C17H20O2.C15H16O2.C8H10O2/c1-14-16(3)26-21(18(5)24(14)28-7)23(20-12-10-9-11-13-20)22-19(6)25(29-8)15(2)17(4)27(22)30-26;1-15-12-13-19-17(14-15)7-4-10-21(19)22-11-5-8-18-16(2)6-3-9-20(18)22;1-17(2,13-5-9-15(18-3)10-6-13)14-7-11-16(19-4)12-8-14;1-16-14-7-3-12(4-8-14)11-13-5-9-15(17-2)10-6-13;1-9-7-3-5-8(10-2)6-4-7/h9-13,23H,1-8H3;3-12H,13-14H2,1-2H3;5-12H,1-4H3;3-10H,11H2,1-2H3;3-6H,1-2H3. The van der Waals surface area contributed by atoms with Gasteiger partial charge in [-0.3, -0.25) is 0 Å². The molecule has 0 aromatic heterocycles. The molecule has 98 heavy (non-hydrogen) atoms. The van der Waals surface area contributed by atoms with Crippen LogP contribution in [-0.4, -0.2) is 56.9 Å². The van der Waals surface area contributed by atoms with Gasteiger partial charge >= 0.3 is 0 Å². The van der Waals surface area contributed by atoms with Gasteiger partial charge < -0.3 is 42.6 Å². The maximum Gasteiger partial charge on any atom is 0.135 e. The van der Waals surface area contributed by atoms with Crippen LogP contribution in [-0.2, 0) is 24.7 Å². The highest BCUT2D eigenvalue weighted by molar-refractivity contribution is 5.99. The summed E-state index contributed by atoms with van der Waals surface area (Å²) in [5, 5.41) is 2.72. The van der Waals surface area contributed by atoms with E-state index in [4.69, 9.17) is 42.6 Å². The molecule has 0 saturated heterocycles. The topological polar surface area (TPSA) is 83.1 Å². The molecule has 9 heteroatoms. The summed E-state index contributed by atoms with van der Waals surface area (Å²) in [6.07, 6.45) is 5.45. The minimum absolute atomic E-state index is 0.0431. The van der Waals surface area contributed by atoms with Crippen molar-refractivity contribution in [1.29, 1.82) is 0 Å². The zero-order chi connectivity index (χ0) is 70.2. The molecule has 0 saturated carbocycles. The third kappa shape index (κ3) is 16.2. The second-order valence-electron chi connectivity index (χ2n) is 25.4. The summed E-state index contributed by atoms with van der Waals surface area (Å²) in [5.41, 5.74) is 24.0. The number of fused-ring (bicyclic) bond motifs is 4. The van der Waals surface area contributed by atoms with Crippen molar-refractivity contribution >= 4 is 10.8 Å². The van der Waals surface area contributed by atoms with E-state index in [1.54, 1.807) is 56.9 Å². The summed E-state index contributed by atoms with van der Waals surface area (Å²) in [7, 11) is 13.5. The minimum atomic E-state index is -0.0431. The number of allylic oxidation sites excluding steroid dienone is 2. The fourth-order valence-corrected chi connectivity index (χ4v) is 13.3. The Morgan fingerprint density at radius 1 is 0.367 bits per heavy atom. The van der Waals surface area contributed by atoms with Gasteiger partial charge in [0.1, 0.15) is 57.5 Å². The molecule has 2 aliphatic rings. The van der Waals surface area contributed by atoms with E-state index >= 15 is 0 Å². The molecule has 0 fully saturated rings. The smallest absolute Gasteiger partial charge is 0.135 e. The molecule has 11 aromatic carbocycles. The largest absolute Gasteiger partial charge is 0.497 e. The molecule has 0 unspecified atom stereocenters. The lowest BCUT2D eigenvalue weighted by Crippen LogP contribution is -2.18. The van der Waals surface area contributed by atoms with Crippen LogP contribution in [0.2, 0.25) is 0 Å². The maximum atomic E-state index is 6.70. The minimum Gasteiger partial charge on any atom is -0.497 e. The number of hydrogen-bond acceptors (Lipinski definition) is 9. The fraction of sp³-hybridized carbons (Fsp3) is 0.258. The van der Waals surface area contributed by atoms with Gasteiger partial charge in [0.05, 0.1) is 56.9 Å². The second kappa shape index (κ2) is 33.0. The molecule has 0 amide bonds. The molecule has 1 aliphatic heterocycles. The highest BCUT2D eigenvalue weighted by Gasteiger charge is 2.37. The predicted molar refractivity (Wildman–Crippen MR) is 404 cm³/mol. The zero-order valence-corrected chi connectivity index (χ0v) is 60.6. The summed E-state index contributed by atoms with van der Waals surface area (Å²) >= 11 is 0. The van der Waals surface area contributed by atoms with E-state index in [0.717, 1.165) is 110 Å². The molecule has 0 radical (unpaired) electrons. The number of rotatable bonds is 14. The van der Waals surface area contributed by atoms with E-state index in [0.29, 0.717) is 0 Å². The van der Waals surface area contributed by atoms with Gasteiger partial charge in [-0.05, 0) is 247 Å². The van der Waals surface area contributed by atoms with Crippen molar-refractivity contribution < 1.29 is 42.6 Å². The lowest BCUT2D eigenvalue weighted by atomic mass is 9.76. The molecule has 1 heterocycles. The van der Waals surface area contributed by atoms with Crippen molar-refractivity contribution in [3.8, 4) is 68.6 Å². The molecule has 11 aromatic rings. The lowest BCUT2D eigenvalue weighted by molar-refractivity contribution is 0.393. The zero-order valence-electron chi connectivity index (χ0n) is 60.6. The van der Waals surface area contributed by atoms with Crippen LogP contribution in [0, 0.1) is 48.5 Å². The van der Waals surface area contributed by atoms with E-state index in [-0.39, 0.29) is 11.3 Å². The summed E-state index contributed by atoms with van der Waals surface area (Å²) in [6.45, 7) is 21.6. The number of benzene rings is 11. The Hall–Kier alpha value is -10.4. The first-order valence-corrected chi connectivity index (χ1v) is 33.4. The molecular weight excluding hydrogens is 1210 g/mol. The van der Waals surface area contributed by atoms with Crippen molar-refractivity contribution in [1.82, 2.24) is 0 Å². The van der Waals surface area contributed by atoms with Crippen LogP contribution < -0.4 is 42.6 Å². The van der Waals surface area contributed by atoms with Crippen LogP contribution in [0.15, 0.2) is 218 Å². The molecule has 506 valence electrons. The molecule has 0 N–H and O–H groups in total. The number of aryl methyl sites for hydroxylation is 1. The van der Waals surface area contributed by atoms with E-state index in [1.165, 1.54) is 83.1 Å². The van der Waals surface area contributed by atoms with Crippen LogP contribution in [0.3, 0.4) is 0 Å². The van der Waals surface area contributed by atoms with Gasteiger partial charge in [0.25, 0.3) is 0 Å². The average molecular weight is 1310 g/mol. The molecule has 0 atom stereocenters. The van der Waals surface area contributed by atoms with Crippen LogP contribution >= 0.6 is 0 Å². The lowest BCUT2D eigenvalue weighted by Gasteiger charge is -2.35. The number of ether oxygens (including phenoxy) is 9. The Morgan fingerprint density at radius 2 is 0.755 bits per heavy atom. The van der Waals surface area contributed by atoms with Crippen molar-refractivity contribution in [2.24, 2.45) is 0 Å². The Bertz CT molecular complexity index is 4300.